The minimum atomic E-state index is -0.235. The number of hydrogen-bond acceptors (Lipinski definition) is 0. The van der Waals surface area contributed by atoms with E-state index in [4.69, 9.17) is 0 Å². The summed E-state index contributed by atoms with van der Waals surface area (Å²) in [6.45, 7) is 14.4. The topological polar surface area (TPSA) is 0 Å². The lowest BCUT2D eigenvalue weighted by Crippen LogP contribution is -2.17. The van der Waals surface area contributed by atoms with Crippen molar-refractivity contribution in [1.29, 1.82) is 0 Å². The van der Waals surface area contributed by atoms with Crippen LogP contribution in [0.2, 0.25) is 0 Å². The van der Waals surface area contributed by atoms with Gasteiger partial charge in [-0.15, -0.1) is 0 Å². The highest BCUT2D eigenvalue weighted by Gasteiger charge is 2.37. The Bertz CT molecular complexity index is 1030. The minimum absolute atomic E-state index is 0.235. The maximum atomic E-state index is 2.66. The summed E-state index contributed by atoms with van der Waals surface area (Å²) in [6.07, 6.45) is 12.3. The fraction of sp³-hybridized carbons (Fsp3) is 0.500. The third-order valence-electron chi connectivity index (χ3n) is 7.63. The molecule has 4 rings (SSSR count). The molecular formula is C32H43P. The van der Waals surface area contributed by atoms with Crippen LogP contribution in [-0.2, 0) is 19.3 Å². The van der Waals surface area contributed by atoms with E-state index in [2.05, 4.69) is 83.8 Å². The summed E-state index contributed by atoms with van der Waals surface area (Å²) >= 11 is 0. The molecule has 0 radical (unpaired) electrons. The van der Waals surface area contributed by atoms with Crippen LogP contribution in [0, 0.1) is 5.92 Å². The summed E-state index contributed by atoms with van der Waals surface area (Å²) in [6, 6.07) is 14.3. The fourth-order valence-corrected chi connectivity index (χ4v) is 9.07. The highest BCUT2D eigenvalue weighted by atomic mass is 31.1. The van der Waals surface area contributed by atoms with E-state index in [0.717, 1.165) is 0 Å². The smallest absolute Gasteiger partial charge is 0.00833 e. The van der Waals surface area contributed by atoms with Crippen LogP contribution in [0.5, 0.6) is 0 Å². The maximum Gasteiger partial charge on any atom is 0.00833 e. The van der Waals surface area contributed by atoms with Crippen LogP contribution < -0.4 is 0 Å². The van der Waals surface area contributed by atoms with Crippen LogP contribution in [-0.4, -0.2) is 6.66 Å². The molecule has 0 fully saturated rings. The number of allylic oxidation sites excluding steroid dienone is 4. The van der Waals surface area contributed by atoms with Gasteiger partial charge in [-0.1, -0.05) is 104 Å². The molecule has 3 unspecified atom stereocenters. The van der Waals surface area contributed by atoms with Crippen LogP contribution >= 0.6 is 7.92 Å². The van der Waals surface area contributed by atoms with Crippen LogP contribution in [0.25, 0.3) is 11.1 Å². The van der Waals surface area contributed by atoms with E-state index in [1.54, 1.807) is 49.8 Å². The Labute approximate surface area is 204 Å². The van der Waals surface area contributed by atoms with Crippen molar-refractivity contribution in [2.75, 3.05) is 6.66 Å². The van der Waals surface area contributed by atoms with Gasteiger partial charge in [-0.3, -0.25) is 0 Å². The van der Waals surface area contributed by atoms with Gasteiger partial charge in [0.05, 0.1) is 0 Å². The molecule has 0 amide bonds. The Kier molecular flexibility index (Phi) is 7.96. The van der Waals surface area contributed by atoms with Crippen molar-refractivity contribution in [3.05, 3.63) is 81.2 Å². The molecule has 0 saturated heterocycles. The van der Waals surface area contributed by atoms with Crippen molar-refractivity contribution >= 4 is 19.1 Å². The molecule has 2 aromatic carbocycles. The lowest BCUT2D eigenvalue weighted by Gasteiger charge is -2.41. The van der Waals surface area contributed by atoms with Gasteiger partial charge in [-0.05, 0) is 94.5 Å². The van der Waals surface area contributed by atoms with E-state index in [-0.39, 0.29) is 7.92 Å². The zero-order valence-corrected chi connectivity index (χ0v) is 22.7. The second-order valence-corrected chi connectivity index (χ2v) is 12.5. The summed E-state index contributed by atoms with van der Waals surface area (Å²) in [7, 11) is -0.235. The maximum absolute atomic E-state index is 2.66. The van der Waals surface area contributed by atoms with Gasteiger partial charge < -0.3 is 0 Å². The van der Waals surface area contributed by atoms with E-state index in [9.17, 15) is 0 Å². The quantitative estimate of drug-likeness (QED) is 0.345. The van der Waals surface area contributed by atoms with Gasteiger partial charge in [0.2, 0.25) is 0 Å². The Morgan fingerprint density at radius 1 is 0.788 bits per heavy atom. The van der Waals surface area contributed by atoms with Crippen LogP contribution in [0.3, 0.4) is 0 Å². The molecule has 3 atom stereocenters. The zero-order valence-electron chi connectivity index (χ0n) is 21.8. The summed E-state index contributed by atoms with van der Waals surface area (Å²) in [5, 5.41) is 1.74. The second kappa shape index (κ2) is 10.7. The van der Waals surface area contributed by atoms with Crippen molar-refractivity contribution in [2.45, 2.75) is 91.6 Å². The van der Waals surface area contributed by atoms with Gasteiger partial charge in [0.15, 0.2) is 0 Å². The standard InChI is InChI=1S/C32H43P/c1-7-13-23-16-11-17-24(14-8-2)30(23)27-20-22(5)21-28-31-25(15-9-3)18-12-19-26(31)29(10-4)33(6)32(27)28/h11-12,16-20,22,29H,7-10,13-15,21H2,1-6H3. The number of benzene rings is 2. The van der Waals surface area contributed by atoms with Crippen molar-refractivity contribution < 1.29 is 0 Å². The van der Waals surface area contributed by atoms with Crippen molar-refractivity contribution in [1.82, 2.24) is 0 Å². The average molecular weight is 459 g/mol. The lowest BCUT2D eigenvalue weighted by atomic mass is 9.78. The fourth-order valence-electron chi connectivity index (χ4n) is 6.38. The number of hydrogen-bond donors (Lipinski definition) is 0. The lowest BCUT2D eigenvalue weighted by molar-refractivity contribution is 0.742. The second-order valence-electron chi connectivity index (χ2n) is 10.2. The summed E-state index contributed by atoms with van der Waals surface area (Å²) in [4.78, 5) is 0. The van der Waals surface area contributed by atoms with E-state index >= 15 is 0 Å². The molecule has 1 heterocycles. The molecule has 176 valence electrons. The Morgan fingerprint density at radius 2 is 1.33 bits per heavy atom. The molecule has 0 spiro atoms. The van der Waals surface area contributed by atoms with Gasteiger partial charge in [-0.2, -0.15) is 0 Å². The summed E-state index contributed by atoms with van der Waals surface area (Å²) < 4.78 is 0. The van der Waals surface area contributed by atoms with Crippen LogP contribution in [0.4, 0.5) is 0 Å². The molecule has 1 aliphatic carbocycles. The number of aryl methyl sites for hydroxylation is 3. The van der Waals surface area contributed by atoms with Gasteiger partial charge in [0.25, 0.3) is 0 Å². The molecule has 1 heteroatoms. The molecule has 33 heavy (non-hydrogen) atoms. The normalized spacial score (nSPS) is 22.1. The first-order valence-electron chi connectivity index (χ1n) is 13.5. The summed E-state index contributed by atoms with van der Waals surface area (Å²) in [5.41, 5.74) is 13.6. The van der Waals surface area contributed by atoms with E-state index in [1.165, 1.54) is 51.4 Å². The molecule has 0 bridgehead atoms. The SMILES string of the molecule is CCCc1cccc(CCC)c1C1=CC(C)CC2=C1P(C)C(CC)c1cccc(CCC)c12. The van der Waals surface area contributed by atoms with Crippen LogP contribution in [0.1, 0.15) is 106 Å². The summed E-state index contributed by atoms with van der Waals surface area (Å²) in [5.74, 6) is 0.590. The molecular weight excluding hydrogens is 415 g/mol. The van der Waals surface area contributed by atoms with Crippen LogP contribution in [0.15, 0.2) is 47.8 Å². The molecule has 0 N–H and O–H groups in total. The monoisotopic (exact) mass is 458 g/mol. The zero-order chi connectivity index (χ0) is 23.5. The van der Waals surface area contributed by atoms with Crippen molar-refractivity contribution in [2.24, 2.45) is 5.92 Å². The number of fused-ring (bicyclic) bond motifs is 2. The Balaban J connectivity index is 2.01. The van der Waals surface area contributed by atoms with E-state index in [0.29, 0.717) is 11.6 Å². The highest BCUT2D eigenvalue weighted by molar-refractivity contribution is 7.63. The predicted molar refractivity (Wildman–Crippen MR) is 149 cm³/mol. The largest absolute Gasteiger partial charge is 0.0728 e. The van der Waals surface area contributed by atoms with Gasteiger partial charge >= 0.3 is 0 Å². The third kappa shape index (κ3) is 4.53. The molecule has 0 nitrogen and oxygen atoms in total. The molecule has 2 aromatic rings. The molecule has 0 aromatic heterocycles. The Morgan fingerprint density at radius 3 is 1.88 bits per heavy atom. The first-order valence-corrected chi connectivity index (χ1v) is 15.3. The predicted octanol–water partition coefficient (Wildman–Crippen LogP) is 9.95. The van der Waals surface area contributed by atoms with Gasteiger partial charge in [-0.25, -0.2) is 0 Å². The van der Waals surface area contributed by atoms with E-state index in [1.807, 2.05) is 0 Å². The highest BCUT2D eigenvalue weighted by Crippen LogP contribution is 2.68. The Hall–Kier alpha value is -1.65. The molecule has 0 saturated carbocycles. The molecule has 2 aliphatic rings. The van der Waals surface area contributed by atoms with Gasteiger partial charge in [0.1, 0.15) is 0 Å². The minimum Gasteiger partial charge on any atom is -0.0728 e. The average Bonchev–Trinajstić information content (AvgIpc) is 2.80. The number of rotatable bonds is 8. The van der Waals surface area contributed by atoms with E-state index < -0.39 is 0 Å². The first kappa shape index (κ1) is 24.5. The first-order chi connectivity index (χ1) is 16.0. The molecule has 1 aliphatic heterocycles. The van der Waals surface area contributed by atoms with Gasteiger partial charge in [0, 0.05) is 5.66 Å². The third-order valence-corrected chi connectivity index (χ3v) is 10.4. The van der Waals surface area contributed by atoms with Crippen molar-refractivity contribution in [3.8, 4) is 0 Å². The van der Waals surface area contributed by atoms with Crippen molar-refractivity contribution in [3.63, 3.8) is 0 Å².